The molecule has 0 aliphatic carbocycles. The minimum Gasteiger partial charge on any atom is -0.336 e. The van der Waals surface area contributed by atoms with Gasteiger partial charge in [-0.3, -0.25) is 9.59 Å². The molecule has 0 bridgehead atoms. The Balaban J connectivity index is 1.72. The van der Waals surface area contributed by atoms with Gasteiger partial charge in [0.25, 0.3) is 5.91 Å². The zero-order chi connectivity index (χ0) is 14.3. The van der Waals surface area contributed by atoms with E-state index in [0.717, 1.165) is 6.42 Å². The average molecular weight is 276 g/mol. The van der Waals surface area contributed by atoms with Crippen molar-refractivity contribution in [3.63, 3.8) is 0 Å². The summed E-state index contributed by atoms with van der Waals surface area (Å²) in [5, 5.41) is 0. The van der Waals surface area contributed by atoms with Crippen molar-refractivity contribution >= 4 is 11.8 Å². The Kier molecular flexibility index (Phi) is 3.20. The highest BCUT2D eigenvalue weighted by Crippen LogP contribution is 2.27. The summed E-state index contributed by atoms with van der Waals surface area (Å²) >= 11 is 0. The monoisotopic (exact) mass is 276 g/mol. The van der Waals surface area contributed by atoms with Gasteiger partial charge >= 0.3 is 0 Å². The third-order valence-electron chi connectivity index (χ3n) is 4.19. The minimum absolute atomic E-state index is 0.0564. The lowest BCUT2D eigenvalue weighted by atomic mass is 10.1. The number of nitrogens with zero attached hydrogens (tertiary/aromatic N) is 2. The predicted molar refractivity (Wildman–Crippen MR) is 71.6 cm³/mol. The third-order valence-corrected chi connectivity index (χ3v) is 4.19. The number of carbonyl (C=O) groups is 2. The molecular weight excluding hydrogens is 259 g/mol. The van der Waals surface area contributed by atoms with Crippen LogP contribution in [0.15, 0.2) is 24.3 Å². The van der Waals surface area contributed by atoms with Gasteiger partial charge < -0.3 is 9.80 Å². The van der Waals surface area contributed by atoms with Gasteiger partial charge in [0.05, 0.1) is 6.04 Å². The Labute approximate surface area is 117 Å². The van der Waals surface area contributed by atoms with Gasteiger partial charge in [0, 0.05) is 31.1 Å². The lowest BCUT2D eigenvalue weighted by Crippen LogP contribution is -2.53. The van der Waals surface area contributed by atoms with Gasteiger partial charge in [-0.25, -0.2) is 4.39 Å². The van der Waals surface area contributed by atoms with Crippen molar-refractivity contribution in [2.45, 2.75) is 19.4 Å². The number of piperazine rings is 1. The molecule has 2 unspecified atom stereocenters. The summed E-state index contributed by atoms with van der Waals surface area (Å²) in [6, 6.07) is 5.74. The SMILES string of the molecule is CC1CC2CN(C(=O)c3ccc(F)cc3)CCN2C1=O. The van der Waals surface area contributed by atoms with Crippen molar-refractivity contribution in [3.8, 4) is 0 Å². The van der Waals surface area contributed by atoms with Gasteiger partial charge in [-0.2, -0.15) is 0 Å². The van der Waals surface area contributed by atoms with Crippen LogP contribution in [0.3, 0.4) is 0 Å². The molecule has 2 amide bonds. The Morgan fingerprint density at radius 2 is 1.95 bits per heavy atom. The quantitative estimate of drug-likeness (QED) is 0.780. The van der Waals surface area contributed by atoms with Crippen LogP contribution < -0.4 is 0 Å². The zero-order valence-corrected chi connectivity index (χ0v) is 11.4. The van der Waals surface area contributed by atoms with E-state index in [2.05, 4.69) is 0 Å². The van der Waals surface area contributed by atoms with E-state index in [-0.39, 0.29) is 29.6 Å². The van der Waals surface area contributed by atoms with Crippen molar-refractivity contribution in [1.29, 1.82) is 0 Å². The molecule has 5 heteroatoms. The summed E-state index contributed by atoms with van der Waals surface area (Å²) in [7, 11) is 0. The molecule has 1 aromatic rings. The Bertz CT molecular complexity index is 543. The lowest BCUT2D eigenvalue weighted by Gasteiger charge is -2.37. The molecule has 4 nitrogen and oxygen atoms in total. The van der Waals surface area contributed by atoms with Crippen LogP contribution in [0, 0.1) is 11.7 Å². The molecule has 2 atom stereocenters. The molecule has 106 valence electrons. The summed E-state index contributed by atoms with van der Waals surface area (Å²) in [5.41, 5.74) is 0.497. The second-order valence-corrected chi connectivity index (χ2v) is 5.58. The van der Waals surface area contributed by atoms with Crippen molar-refractivity contribution in [3.05, 3.63) is 35.6 Å². The fraction of sp³-hybridized carbons (Fsp3) is 0.467. The number of fused-ring (bicyclic) bond motifs is 1. The lowest BCUT2D eigenvalue weighted by molar-refractivity contribution is -0.132. The first-order valence-corrected chi connectivity index (χ1v) is 6.91. The van der Waals surface area contributed by atoms with Crippen LogP contribution in [0.2, 0.25) is 0 Å². The summed E-state index contributed by atoms with van der Waals surface area (Å²) < 4.78 is 12.9. The maximum Gasteiger partial charge on any atom is 0.253 e. The smallest absolute Gasteiger partial charge is 0.253 e. The highest BCUT2D eigenvalue weighted by Gasteiger charge is 2.41. The summed E-state index contributed by atoms with van der Waals surface area (Å²) in [4.78, 5) is 27.9. The second-order valence-electron chi connectivity index (χ2n) is 5.58. The van der Waals surface area contributed by atoms with Gasteiger partial charge in [-0.05, 0) is 30.7 Å². The average Bonchev–Trinajstić information content (AvgIpc) is 2.74. The molecule has 2 saturated heterocycles. The number of amides is 2. The third kappa shape index (κ3) is 2.17. The normalized spacial score (nSPS) is 25.8. The molecule has 2 aliphatic heterocycles. The van der Waals surface area contributed by atoms with E-state index in [0.29, 0.717) is 25.2 Å². The van der Waals surface area contributed by atoms with Gasteiger partial charge in [-0.1, -0.05) is 6.92 Å². The van der Waals surface area contributed by atoms with Crippen LogP contribution in [0.25, 0.3) is 0 Å². The molecule has 2 aliphatic rings. The molecule has 1 aromatic carbocycles. The molecule has 3 rings (SSSR count). The molecule has 2 fully saturated rings. The van der Waals surface area contributed by atoms with E-state index in [4.69, 9.17) is 0 Å². The Hall–Kier alpha value is -1.91. The van der Waals surface area contributed by atoms with Crippen LogP contribution in [0.4, 0.5) is 4.39 Å². The van der Waals surface area contributed by atoms with Gasteiger partial charge in [0.1, 0.15) is 5.82 Å². The number of hydrogen-bond acceptors (Lipinski definition) is 2. The van der Waals surface area contributed by atoms with E-state index in [1.807, 2.05) is 11.8 Å². The molecule has 20 heavy (non-hydrogen) atoms. The van der Waals surface area contributed by atoms with Crippen LogP contribution in [0.1, 0.15) is 23.7 Å². The topological polar surface area (TPSA) is 40.6 Å². The molecule has 0 spiro atoms. The van der Waals surface area contributed by atoms with E-state index >= 15 is 0 Å². The van der Waals surface area contributed by atoms with Gasteiger partial charge in [0.15, 0.2) is 0 Å². The maximum absolute atomic E-state index is 12.9. The second kappa shape index (κ2) is 4.89. The first-order valence-electron chi connectivity index (χ1n) is 6.91. The first-order chi connectivity index (χ1) is 9.56. The number of rotatable bonds is 1. The largest absolute Gasteiger partial charge is 0.336 e. The molecule has 0 N–H and O–H groups in total. The number of hydrogen-bond donors (Lipinski definition) is 0. The van der Waals surface area contributed by atoms with Gasteiger partial charge in [-0.15, -0.1) is 0 Å². The fourth-order valence-electron chi connectivity index (χ4n) is 3.10. The van der Waals surface area contributed by atoms with Crippen molar-refractivity contribution in [1.82, 2.24) is 9.80 Å². The first kappa shape index (κ1) is 13.1. The molecule has 0 saturated carbocycles. The predicted octanol–water partition coefficient (Wildman–Crippen LogP) is 1.52. The summed E-state index contributed by atoms with van der Waals surface area (Å²) in [5.74, 6) is -0.178. The number of halogens is 1. The highest BCUT2D eigenvalue weighted by molar-refractivity contribution is 5.94. The van der Waals surface area contributed by atoms with Crippen LogP contribution >= 0.6 is 0 Å². The van der Waals surface area contributed by atoms with Crippen LogP contribution in [-0.2, 0) is 4.79 Å². The Morgan fingerprint density at radius 1 is 1.25 bits per heavy atom. The van der Waals surface area contributed by atoms with E-state index in [1.165, 1.54) is 24.3 Å². The van der Waals surface area contributed by atoms with E-state index in [9.17, 15) is 14.0 Å². The standard InChI is InChI=1S/C15H17FN2O2/c1-10-8-13-9-17(6-7-18(13)14(10)19)15(20)11-2-4-12(16)5-3-11/h2-5,10,13H,6-9H2,1H3. The van der Waals surface area contributed by atoms with Gasteiger partial charge in [0.2, 0.25) is 5.91 Å². The van der Waals surface area contributed by atoms with Crippen molar-refractivity contribution in [2.24, 2.45) is 5.92 Å². The molecule has 2 heterocycles. The molecule has 0 radical (unpaired) electrons. The summed E-state index contributed by atoms with van der Waals surface area (Å²) in [6.07, 6.45) is 0.812. The van der Waals surface area contributed by atoms with Crippen LogP contribution in [0.5, 0.6) is 0 Å². The fourth-order valence-corrected chi connectivity index (χ4v) is 3.10. The number of carbonyl (C=O) groups excluding carboxylic acids is 2. The minimum atomic E-state index is -0.346. The highest BCUT2D eigenvalue weighted by atomic mass is 19.1. The molecule has 0 aromatic heterocycles. The maximum atomic E-state index is 12.9. The van der Waals surface area contributed by atoms with E-state index < -0.39 is 0 Å². The van der Waals surface area contributed by atoms with Crippen molar-refractivity contribution < 1.29 is 14.0 Å². The Morgan fingerprint density at radius 3 is 2.65 bits per heavy atom. The summed E-state index contributed by atoms with van der Waals surface area (Å²) in [6.45, 7) is 3.66. The molecular formula is C15H17FN2O2. The van der Waals surface area contributed by atoms with Crippen molar-refractivity contribution in [2.75, 3.05) is 19.6 Å². The zero-order valence-electron chi connectivity index (χ0n) is 11.4. The van der Waals surface area contributed by atoms with E-state index in [1.54, 1.807) is 4.90 Å². The van der Waals surface area contributed by atoms with Crippen LogP contribution in [-0.4, -0.2) is 47.3 Å². The number of benzene rings is 1.